The van der Waals surface area contributed by atoms with Crippen LogP contribution in [0.15, 0.2) is 63.2 Å². The van der Waals surface area contributed by atoms with E-state index in [1.165, 1.54) is 0 Å². The topological polar surface area (TPSA) is 53.8 Å². The summed E-state index contributed by atoms with van der Waals surface area (Å²) in [6, 6.07) is 10.3. The first-order valence-electron chi connectivity index (χ1n) is 7.81. The maximum absolute atomic E-state index is 12.8. The third-order valence-corrected chi connectivity index (χ3v) is 5.08. The monoisotopic (exact) mass is 293 g/mol. The zero-order valence-corrected chi connectivity index (χ0v) is 12.9. The van der Waals surface area contributed by atoms with E-state index in [4.69, 9.17) is 0 Å². The van der Waals surface area contributed by atoms with Crippen molar-refractivity contribution in [3.63, 3.8) is 0 Å². The number of rotatable bonds is 1. The van der Waals surface area contributed by atoms with Crippen molar-refractivity contribution in [3.05, 3.63) is 58.6 Å². The van der Waals surface area contributed by atoms with Crippen LogP contribution < -0.4 is 5.32 Å². The number of Topliss-reactive ketones (excluding diaryl/α,β-unsaturated/α-hetero) is 1. The first-order chi connectivity index (χ1) is 10.6. The van der Waals surface area contributed by atoms with Gasteiger partial charge in [-0.15, -0.1) is 5.11 Å². The van der Waals surface area contributed by atoms with E-state index in [2.05, 4.69) is 41.5 Å². The minimum atomic E-state index is -0.419. The van der Waals surface area contributed by atoms with Crippen LogP contribution in [0.25, 0.3) is 0 Å². The van der Waals surface area contributed by atoms with Crippen LogP contribution in [-0.4, -0.2) is 12.3 Å². The van der Waals surface area contributed by atoms with Crippen molar-refractivity contribution in [2.45, 2.75) is 32.1 Å². The summed E-state index contributed by atoms with van der Waals surface area (Å²) in [6.07, 6.45) is 1.52. The number of carbonyl (C=O) groups is 1. The largest absolute Gasteiger partial charge is 0.342 e. The van der Waals surface area contributed by atoms with Gasteiger partial charge in [0, 0.05) is 28.7 Å². The van der Waals surface area contributed by atoms with Crippen LogP contribution in [0.2, 0.25) is 0 Å². The van der Waals surface area contributed by atoms with E-state index >= 15 is 0 Å². The second kappa shape index (κ2) is 4.63. The zero-order valence-electron chi connectivity index (χ0n) is 12.9. The zero-order chi connectivity index (χ0) is 15.3. The van der Waals surface area contributed by atoms with Crippen molar-refractivity contribution in [1.82, 2.24) is 5.32 Å². The average Bonchev–Trinajstić information content (AvgIpc) is 2.96. The van der Waals surface area contributed by atoms with Gasteiger partial charge >= 0.3 is 0 Å². The van der Waals surface area contributed by atoms with Gasteiger partial charge in [0.05, 0.1) is 6.54 Å². The quantitative estimate of drug-likeness (QED) is 0.862. The lowest BCUT2D eigenvalue weighted by atomic mass is 9.64. The molecule has 112 valence electrons. The summed E-state index contributed by atoms with van der Waals surface area (Å²) >= 11 is 0. The number of hydrogen-bond donors (Lipinski definition) is 1. The van der Waals surface area contributed by atoms with Crippen molar-refractivity contribution >= 4 is 5.78 Å². The first-order valence-corrected chi connectivity index (χ1v) is 7.81. The maximum atomic E-state index is 12.8. The molecule has 1 aromatic rings. The molecule has 0 spiro atoms. The molecule has 0 bridgehead atoms. The molecule has 2 aliphatic heterocycles. The number of azo groups is 1. The molecule has 22 heavy (non-hydrogen) atoms. The standard InChI is InChI=1S/C18H19N3O/c1-11-8-14-16(15(22)9-11)18(2,12-6-4-3-5-7-12)13-10-19-21-17(13)20-14/h3-7,11,20H,8-10H2,1-2H3/t11-,18+/m1/s1. The number of ketones is 1. The summed E-state index contributed by atoms with van der Waals surface area (Å²) in [4.78, 5) is 12.8. The Hall–Kier alpha value is -2.23. The molecule has 3 aliphatic rings. The molecule has 0 fully saturated rings. The summed E-state index contributed by atoms with van der Waals surface area (Å²) < 4.78 is 0. The number of carbonyl (C=O) groups excluding carboxylic acids is 1. The fourth-order valence-corrected chi connectivity index (χ4v) is 3.99. The minimum absolute atomic E-state index is 0.256. The van der Waals surface area contributed by atoms with E-state index in [9.17, 15) is 4.79 Å². The summed E-state index contributed by atoms with van der Waals surface area (Å²) in [5.41, 5.74) is 3.79. The Morgan fingerprint density at radius 2 is 2.00 bits per heavy atom. The van der Waals surface area contributed by atoms with Crippen molar-refractivity contribution in [2.24, 2.45) is 16.1 Å². The second-order valence-electron chi connectivity index (χ2n) is 6.63. The van der Waals surface area contributed by atoms with Crippen LogP contribution in [0.3, 0.4) is 0 Å². The smallest absolute Gasteiger partial charge is 0.162 e. The highest BCUT2D eigenvalue weighted by molar-refractivity contribution is 6.01. The first kappa shape index (κ1) is 13.4. The Morgan fingerprint density at radius 1 is 1.23 bits per heavy atom. The van der Waals surface area contributed by atoms with E-state index < -0.39 is 5.41 Å². The molecule has 2 atom stereocenters. The summed E-state index contributed by atoms with van der Waals surface area (Å²) in [5.74, 6) is 1.47. The maximum Gasteiger partial charge on any atom is 0.162 e. The van der Waals surface area contributed by atoms with E-state index in [-0.39, 0.29) is 5.78 Å². The molecular formula is C18H19N3O. The van der Waals surface area contributed by atoms with Gasteiger partial charge in [0.2, 0.25) is 0 Å². The van der Waals surface area contributed by atoms with Gasteiger partial charge in [-0.05, 0) is 24.8 Å². The lowest BCUT2D eigenvalue weighted by Crippen LogP contribution is -2.43. The van der Waals surface area contributed by atoms with Crippen molar-refractivity contribution < 1.29 is 4.79 Å². The molecule has 4 heteroatoms. The van der Waals surface area contributed by atoms with Gasteiger partial charge < -0.3 is 5.32 Å². The van der Waals surface area contributed by atoms with Crippen LogP contribution in [0.4, 0.5) is 0 Å². The molecule has 1 aliphatic carbocycles. The molecule has 1 N–H and O–H groups in total. The van der Waals surface area contributed by atoms with Gasteiger partial charge in [-0.1, -0.05) is 37.3 Å². The van der Waals surface area contributed by atoms with Gasteiger partial charge in [0.15, 0.2) is 11.6 Å². The lowest BCUT2D eigenvalue weighted by Gasteiger charge is -2.41. The van der Waals surface area contributed by atoms with E-state index in [0.29, 0.717) is 18.9 Å². The number of nitrogens with zero attached hydrogens (tertiary/aromatic N) is 2. The van der Waals surface area contributed by atoms with Crippen molar-refractivity contribution in [1.29, 1.82) is 0 Å². The number of allylic oxidation sites excluding steroid dienone is 2. The van der Waals surface area contributed by atoms with E-state index in [1.807, 2.05) is 18.2 Å². The molecule has 2 heterocycles. The van der Waals surface area contributed by atoms with Gasteiger partial charge in [-0.25, -0.2) is 0 Å². The Kier molecular flexibility index (Phi) is 2.83. The third kappa shape index (κ3) is 1.73. The highest BCUT2D eigenvalue weighted by Gasteiger charge is 2.47. The Balaban J connectivity index is 1.95. The summed E-state index contributed by atoms with van der Waals surface area (Å²) in [5, 5.41) is 11.9. The Morgan fingerprint density at radius 3 is 2.77 bits per heavy atom. The number of dihydropyridines is 1. The molecule has 0 amide bonds. The third-order valence-electron chi connectivity index (χ3n) is 5.08. The molecule has 1 aromatic carbocycles. The van der Waals surface area contributed by atoms with Crippen LogP contribution in [0.5, 0.6) is 0 Å². The predicted octanol–water partition coefficient (Wildman–Crippen LogP) is 3.48. The van der Waals surface area contributed by atoms with Gasteiger partial charge in [-0.3, -0.25) is 4.79 Å². The summed E-state index contributed by atoms with van der Waals surface area (Å²) in [6.45, 7) is 4.84. The van der Waals surface area contributed by atoms with Gasteiger partial charge in [0.25, 0.3) is 0 Å². The Labute approximate surface area is 130 Å². The van der Waals surface area contributed by atoms with Crippen LogP contribution in [-0.2, 0) is 10.2 Å². The highest BCUT2D eigenvalue weighted by atomic mass is 16.1. The highest BCUT2D eigenvalue weighted by Crippen LogP contribution is 2.49. The predicted molar refractivity (Wildman–Crippen MR) is 84.1 cm³/mol. The van der Waals surface area contributed by atoms with E-state index in [0.717, 1.165) is 34.6 Å². The molecule has 0 unspecified atom stereocenters. The van der Waals surface area contributed by atoms with Crippen LogP contribution in [0.1, 0.15) is 32.3 Å². The lowest BCUT2D eigenvalue weighted by molar-refractivity contribution is -0.117. The van der Waals surface area contributed by atoms with Crippen LogP contribution in [0, 0.1) is 5.92 Å². The van der Waals surface area contributed by atoms with Crippen molar-refractivity contribution in [2.75, 3.05) is 6.54 Å². The van der Waals surface area contributed by atoms with Crippen molar-refractivity contribution in [3.8, 4) is 0 Å². The average molecular weight is 293 g/mol. The molecule has 0 saturated heterocycles. The molecule has 4 nitrogen and oxygen atoms in total. The number of nitrogens with one attached hydrogen (secondary N) is 1. The molecule has 0 radical (unpaired) electrons. The molecular weight excluding hydrogens is 274 g/mol. The van der Waals surface area contributed by atoms with E-state index in [1.54, 1.807) is 0 Å². The summed E-state index contributed by atoms with van der Waals surface area (Å²) in [7, 11) is 0. The fraction of sp³-hybridized carbons (Fsp3) is 0.389. The Bertz CT molecular complexity index is 745. The normalized spacial score (nSPS) is 30.3. The van der Waals surface area contributed by atoms with Gasteiger partial charge in [0.1, 0.15) is 0 Å². The molecule has 0 saturated carbocycles. The molecule has 0 aromatic heterocycles. The number of hydrogen-bond acceptors (Lipinski definition) is 4. The minimum Gasteiger partial charge on any atom is -0.342 e. The SMILES string of the molecule is C[C@H]1CC(=O)C2=C(C1)NC1=C(CN=N1)[C@]2(C)c1ccccc1. The van der Waals surface area contributed by atoms with Crippen LogP contribution >= 0.6 is 0 Å². The molecule has 4 rings (SSSR count). The fourth-order valence-electron chi connectivity index (χ4n) is 3.99. The second-order valence-corrected chi connectivity index (χ2v) is 6.63. The van der Waals surface area contributed by atoms with Gasteiger partial charge in [-0.2, -0.15) is 5.11 Å². The number of benzene rings is 1.